The third kappa shape index (κ3) is 7.72. The molecular formula is C27H42N2O4S. The second-order valence-corrected chi connectivity index (χ2v) is 13.4. The summed E-state index contributed by atoms with van der Waals surface area (Å²) in [5, 5.41) is 0. The van der Waals surface area contributed by atoms with E-state index in [0.717, 1.165) is 44.2 Å². The number of ether oxygens (including phenoxy) is 2. The molecule has 190 valence electrons. The molecule has 2 aliphatic rings. The van der Waals surface area contributed by atoms with Gasteiger partial charge in [0, 0.05) is 6.54 Å². The molecular weight excluding hydrogens is 448 g/mol. The van der Waals surface area contributed by atoms with Crippen LogP contribution >= 0.6 is 0 Å². The van der Waals surface area contributed by atoms with Crippen molar-refractivity contribution >= 4 is 23.2 Å². The molecule has 34 heavy (non-hydrogen) atoms. The van der Waals surface area contributed by atoms with Gasteiger partial charge in [0.2, 0.25) is 0 Å². The number of benzene rings is 1. The van der Waals surface area contributed by atoms with Crippen LogP contribution in [0.1, 0.15) is 91.5 Å². The van der Waals surface area contributed by atoms with E-state index in [-0.39, 0.29) is 18.2 Å². The van der Waals surface area contributed by atoms with Gasteiger partial charge < -0.3 is 14.0 Å². The number of likely N-dealkylation sites (tertiary alicyclic amines) is 1. The summed E-state index contributed by atoms with van der Waals surface area (Å²) in [4.78, 5) is 14.7. The third-order valence-electron chi connectivity index (χ3n) is 6.38. The maximum absolute atomic E-state index is 13.0. The molecule has 2 unspecified atom stereocenters. The molecule has 2 atom stereocenters. The van der Waals surface area contributed by atoms with E-state index in [0.29, 0.717) is 19.1 Å². The van der Waals surface area contributed by atoms with Gasteiger partial charge in [-0.1, -0.05) is 34.7 Å². The number of rotatable bonds is 5. The predicted octanol–water partition coefficient (Wildman–Crippen LogP) is 6.03. The van der Waals surface area contributed by atoms with Gasteiger partial charge in [0.15, 0.2) is 0 Å². The Kier molecular flexibility index (Phi) is 9.10. The lowest BCUT2D eigenvalue weighted by Gasteiger charge is -2.38. The standard InChI is InChI=1S/C27H42N2O4S/c1-26(2,3)33-25(30)29-18-10-13-23(28-34(31)27(4,5)6)24(29)19-32-22-16-14-21(15-17-22)20-11-8-7-9-12-20/h7-9,11-12,21-22,24H,10,13-19H2,1-6H3. The number of hydrogen-bond donors (Lipinski definition) is 0. The summed E-state index contributed by atoms with van der Waals surface area (Å²) in [6, 6.07) is 10.4. The lowest BCUT2D eigenvalue weighted by molar-refractivity contribution is -0.0155. The van der Waals surface area contributed by atoms with Crippen LogP contribution in [0.25, 0.3) is 0 Å². The predicted molar refractivity (Wildman–Crippen MR) is 139 cm³/mol. The van der Waals surface area contributed by atoms with E-state index in [1.165, 1.54) is 5.56 Å². The second kappa shape index (κ2) is 11.4. The first kappa shape index (κ1) is 27.0. The van der Waals surface area contributed by atoms with E-state index < -0.39 is 21.7 Å². The van der Waals surface area contributed by atoms with Crippen LogP contribution in [0, 0.1) is 0 Å². The van der Waals surface area contributed by atoms with Gasteiger partial charge >= 0.3 is 6.09 Å². The van der Waals surface area contributed by atoms with Gasteiger partial charge in [-0.25, -0.2) is 4.79 Å². The Morgan fingerprint density at radius 3 is 2.32 bits per heavy atom. The first-order valence-corrected chi connectivity index (χ1v) is 13.7. The van der Waals surface area contributed by atoms with Crippen molar-refractivity contribution in [2.75, 3.05) is 13.2 Å². The van der Waals surface area contributed by atoms with Crippen molar-refractivity contribution in [2.45, 2.75) is 108 Å². The van der Waals surface area contributed by atoms with Gasteiger partial charge in [-0.2, -0.15) is 0 Å². The molecule has 1 aromatic rings. The maximum atomic E-state index is 13.0. The number of carbonyl (C=O) groups excluding carboxylic acids is 1. The highest BCUT2D eigenvalue weighted by Gasteiger charge is 2.38. The molecule has 1 saturated heterocycles. The molecule has 7 heteroatoms. The van der Waals surface area contributed by atoms with E-state index in [9.17, 15) is 9.35 Å². The van der Waals surface area contributed by atoms with E-state index in [1.54, 1.807) is 4.90 Å². The van der Waals surface area contributed by atoms with E-state index in [1.807, 2.05) is 41.5 Å². The smallest absolute Gasteiger partial charge is 0.410 e. The highest BCUT2D eigenvalue weighted by atomic mass is 32.2. The minimum Gasteiger partial charge on any atom is -0.591 e. The quantitative estimate of drug-likeness (QED) is 0.472. The van der Waals surface area contributed by atoms with Gasteiger partial charge in [0.25, 0.3) is 0 Å². The van der Waals surface area contributed by atoms with Gasteiger partial charge in [-0.3, -0.25) is 4.90 Å². The highest BCUT2D eigenvalue weighted by Crippen LogP contribution is 2.34. The molecule has 0 bridgehead atoms. The number of hydrogen-bond acceptors (Lipinski definition) is 5. The Balaban J connectivity index is 1.68. The molecule has 0 radical (unpaired) electrons. The van der Waals surface area contributed by atoms with E-state index in [4.69, 9.17) is 9.47 Å². The van der Waals surface area contributed by atoms with Crippen molar-refractivity contribution in [1.29, 1.82) is 0 Å². The zero-order valence-electron chi connectivity index (χ0n) is 21.7. The molecule has 0 aromatic heterocycles. The van der Waals surface area contributed by atoms with Crippen LogP contribution in [0.15, 0.2) is 34.7 Å². The summed E-state index contributed by atoms with van der Waals surface area (Å²) in [6.07, 6.45) is 5.50. The fourth-order valence-electron chi connectivity index (χ4n) is 4.52. The van der Waals surface area contributed by atoms with Gasteiger partial charge in [0.1, 0.15) is 27.8 Å². The minimum absolute atomic E-state index is 0.164. The first-order chi connectivity index (χ1) is 15.9. The summed E-state index contributed by atoms with van der Waals surface area (Å²) >= 11 is -1.38. The van der Waals surface area contributed by atoms with Gasteiger partial charge in [0.05, 0.1) is 18.4 Å². The topological polar surface area (TPSA) is 74.2 Å². The van der Waals surface area contributed by atoms with Crippen molar-refractivity contribution in [3.05, 3.63) is 35.9 Å². The van der Waals surface area contributed by atoms with Crippen LogP contribution in [0.5, 0.6) is 0 Å². The van der Waals surface area contributed by atoms with Crippen molar-refractivity contribution in [3.8, 4) is 0 Å². The molecule has 1 aliphatic carbocycles. The Hall–Kier alpha value is -1.57. The Morgan fingerprint density at radius 1 is 1.09 bits per heavy atom. The fourth-order valence-corrected chi connectivity index (χ4v) is 5.22. The van der Waals surface area contributed by atoms with Gasteiger partial charge in [-0.05, 0) is 91.5 Å². The lowest BCUT2D eigenvalue weighted by Crippen LogP contribution is -2.53. The zero-order chi connectivity index (χ0) is 24.9. The maximum Gasteiger partial charge on any atom is 0.410 e. The summed E-state index contributed by atoms with van der Waals surface area (Å²) in [6.45, 7) is 12.3. The Bertz CT molecular complexity index is 823. The second-order valence-electron chi connectivity index (χ2n) is 11.5. The molecule has 1 aromatic carbocycles. The average Bonchev–Trinajstić information content (AvgIpc) is 2.77. The van der Waals surface area contributed by atoms with Crippen LogP contribution in [0.3, 0.4) is 0 Å². The lowest BCUT2D eigenvalue weighted by atomic mass is 9.83. The number of piperidine rings is 1. The molecule has 1 amide bonds. The summed E-state index contributed by atoms with van der Waals surface area (Å²) in [5.41, 5.74) is 1.60. The van der Waals surface area contributed by atoms with Crippen molar-refractivity contribution in [3.63, 3.8) is 0 Å². The first-order valence-electron chi connectivity index (χ1n) is 12.6. The minimum atomic E-state index is -1.38. The van der Waals surface area contributed by atoms with Crippen LogP contribution in [-0.2, 0) is 20.8 Å². The summed E-state index contributed by atoms with van der Waals surface area (Å²) in [7, 11) is 0. The Morgan fingerprint density at radius 2 is 1.74 bits per heavy atom. The molecule has 0 N–H and O–H groups in total. The number of nitrogens with zero attached hydrogens (tertiary/aromatic N) is 2. The molecule has 1 saturated carbocycles. The normalized spacial score (nSPS) is 26.4. The van der Waals surface area contributed by atoms with Crippen molar-refractivity contribution in [1.82, 2.24) is 4.90 Å². The molecule has 3 rings (SSSR count). The van der Waals surface area contributed by atoms with Crippen molar-refractivity contribution in [2.24, 2.45) is 4.40 Å². The third-order valence-corrected chi connectivity index (χ3v) is 7.83. The fraction of sp³-hybridized carbons (Fsp3) is 0.704. The zero-order valence-corrected chi connectivity index (χ0v) is 22.5. The van der Waals surface area contributed by atoms with E-state index in [2.05, 4.69) is 34.7 Å². The molecule has 1 heterocycles. The molecule has 6 nitrogen and oxygen atoms in total. The van der Waals surface area contributed by atoms with Crippen LogP contribution in [-0.4, -0.2) is 56.9 Å². The number of amides is 1. The molecule has 2 fully saturated rings. The number of carbonyl (C=O) groups is 1. The summed E-state index contributed by atoms with van der Waals surface area (Å²) < 4.78 is 29.0. The Labute approximate surface area is 208 Å². The van der Waals surface area contributed by atoms with Crippen LogP contribution in [0.4, 0.5) is 4.79 Å². The SMILES string of the molecule is CC(C)(C)OC(=O)N1CCCC(=N[S+]([O-])C(C)(C)C)C1COC1CCC(c2ccccc2)CC1. The van der Waals surface area contributed by atoms with Crippen LogP contribution in [0.2, 0.25) is 0 Å². The summed E-state index contributed by atoms with van der Waals surface area (Å²) in [5.74, 6) is 0.584. The highest BCUT2D eigenvalue weighted by molar-refractivity contribution is 7.91. The average molecular weight is 491 g/mol. The van der Waals surface area contributed by atoms with E-state index >= 15 is 0 Å². The molecule has 0 spiro atoms. The molecule has 1 aliphatic heterocycles. The van der Waals surface area contributed by atoms with Crippen molar-refractivity contribution < 1.29 is 18.8 Å². The monoisotopic (exact) mass is 490 g/mol. The van der Waals surface area contributed by atoms with Crippen LogP contribution < -0.4 is 0 Å². The van der Waals surface area contributed by atoms with Gasteiger partial charge in [-0.15, -0.1) is 0 Å². The largest absolute Gasteiger partial charge is 0.591 e.